The lowest BCUT2D eigenvalue weighted by atomic mass is 9.92. The summed E-state index contributed by atoms with van der Waals surface area (Å²) in [7, 11) is 2.24. The van der Waals surface area contributed by atoms with E-state index in [2.05, 4.69) is 36.6 Å². The maximum absolute atomic E-state index is 12.9. The average molecular weight is 984 g/mol. The van der Waals surface area contributed by atoms with E-state index in [1.54, 1.807) is 0 Å². The van der Waals surface area contributed by atoms with E-state index in [9.17, 15) is 38.4 Å². The van der Waals surface area contributed by atoms with Crippen LogP contribution in [-0.4, -0.2) is 187 Å². The van der Waals surface area contributed by atoms with Gasteiger partial charge in [-0.15, -0.1) is 0 Å². The third-order valence-corrected chi connectivity index (χ3v) is 10.3. The molecule has 0 spiro atoms. The number of nitrogens with two attached hydrogens (primary N) is 4. The SMILES string of the molecule is COC(=O)C1=C[C@H](N=C(N)N)[C@@H](NC(C)=O)[C@H]([C@H](OCC(=O)NCCCCNCCCCNC(=O)CO[C@@H]([C@@H]2OC(C(=O)OC)=C[C@H](N=C(N)N)[C@H]2NC(C)=O)[C@H]2COC(=O)O2)[C@H]2COC(=O)O2)O1. The number of guanidine groups is 2. The first-order chi connectivity index (χ1) is 32.9. The van der Waals surface area contributed by atoms with E-state index in [1.807, 2.05) is 0 Å². The van der Waals surface area contributed by atoms with Gasteiger partial charge in [0.05, 0.1) is 38.4 Å². The Morgan fingerprint density at radius 2 is 1.00 bits per heavy atom. The first-order valence-corrected chi connectivity index (χ1v) is 21.7. The molecule has 2 saturated heterocycles. The van der Waals surface area contributed by atoms with E-state index in [4.69, 9.17) is 70.3 Å². The summed E-state index contributed by atoms with van der Waals surface area (Å²) < 4.78 is 53.7. The largest absolute Gasteiger partial charge is 0.508 e. The molecule has 0 aromatic heterocycles. The smallest absolute Gasteiger partial charge is 0.478 e. The quantitative estimate of drug-likeness (QED) is 0.0129. The number of nitrogens with one attached hydrogen (secondary N) is 5. The molecular formula is C40H61N11O18. The Morgan fingerprint density at radius 3 is 1.32 bits per heavy atom. The second kappa shape index (κ2) is 27.0. The van der Waals surface area contributed by atoms with Crippen LogP contribution in [0.2, 0.25) is 0 Å². The Morgan fingerprint density at radius 1 is 0.623 bits per heavy atom. The molecule has 0 aromatic carbocycles. The molecular weight excluding hydrogens is 922 g/mol. The van der Waals surface area contributed by atoms with Crippen LogP contribution in [0.1, 0.15) is 39.5 Å². The van der Waals surface area contributed by atoms with Gasteiger partial charge in [0.25, 0.3) is 0 Å². The highest BCUT2D eigenvalue weighted by Crippen LogP contribution is 2.31. The van der Waals surface area contributed by atoms with E-state index in [0.29, 0.717) is 38.8 Å². The molecule has 29 nitrogen and oxygen atoms in total. The number of hydrogen-bond acceptors (Lipinski definition) is 21. The van der Waals surface area contributed by atoms with Crippen LogP contribution >= 0.6 is 0 Å². The number of ether oxygens (including phenoxy) is 10. The zero-order valence-corrected chi connectivity index (χ0v) is 38.5. The predicted octanol–water partition coefficient (Wildman–Crippen LogP) is -4.59. The van der Waals surface area contributed by atoms with Crippen LogP contribution in [0.5, 0.6) is 0 Å². The molecule has 0 saturated carbocycles. The molecule has 4 heterocycles. The molecule has 29 heteroatoms. The number of nitrogens with zero attached hydrogens (tertiary/aromatic N) is 2. The van der Waals surface area contributed by atoms with Gasteiger partial charge in [-0.3, -0.25) is 19.2 Å². The third kappa shape index (κ3) is 17.2. The highest BCUT2D eigenvalue weighted by Gasteiger charge is 2.50. The molecule has 0 unspecified atom stereocenters. The van der Waals surface area contributed by atoms with Crippen molar-refractivity contribution in [3.05, 3.63) is 23.7 Å². The van der Waals surface area contributed by atoms with Gasteiger partial charge >= 0.3 is 24.2 Å². The van der Waals surface area contributed by atoms with E-state index in [0.717, 1.165) is 14.2 Å². The lowest BCUT2D eigenvalue weighted by molar-refractivity contribution is -0.155. The van der Waals surface area contributed by atoms with Crippen LogP contribution in [0.3, 0.4) is 0 Å². The van der Waals surface area contributed by atoms with E-state index in [-0.39, 0.29) is 49.7 Å². The summed E-state index contributed by atoms with van der Waals surface area (Å²) in [5.41, 5.74) is 22.5. The van der Waals surface area contributed by atoms with Gasteiger partial charge in [0.15, 0.2) is 36.3 Å². The number of methoxy groups -OCH3 is 2. The van der Waals surface area contributed by atoms with Crippen molar-refractivity contribution >= 4 is 59.8 Å². The molecule has 4 aliphatic rings. The average Bonchev–Trinajstić information content (AvgIpc) is 3.93. The molecule has 0 radical (unpaired) electrons. The maximum Gasteiger partial charge on any atom is 0.508 e. The Kier molecular flexibility index (Phi) is 21.3. The summed E-state index contributed by atoms with van der Waals surface area (Å²) >= 11 is 0. The van der Waals surface area contributed by atoms with E-state index in [1.165, 1.54) is 26.0 Å². The monoisotopic (exact) mass is 983 g/mol. The zero-order valence-electron chi connectivity index (χ0n) is 38.5. The Balaban J connectivity index is 1.19. The second-order valence-corrected chi connectivity index (χ2v) is 15.6. The topological polar surface area (TPSA) is 418 Å². The van der Waals surface area contributed by atoms with Crippen LogP contribution < -0.4 is 49.5 Å². The number of cyclic esters (lactones) is 4. The van der Waals surface area contributed by atoms with Gasteiger partial charge in [-0.25, -0.2) is 29.2 Å². The van der Waals surface area contributed by atoms with Crippen molar-refractivity contribution in [3.63, 3.8) is 0 Å². The fourth-order valence-corrected chi connectivity index (χ4v) is 7.40. The molecule has 13 N–H and O–H groups in total. The highest BCUT2D eigenvalue weighted by atomic mass is 16.8. The molecule has 10 atom stereocenters. The Labute approximate surface area is 395 Å². The van der Waals surface area contributed by atoms with Gasteiger partial charge in [0, 0.05) is 26.9 Å². The Bertz CT molecular complexity index is 1840. The fourth-order valence-electron chi connectivity index (χ4n) is 7.40. The molecule has 0 aliphatic carbocycles. The van der Waals surface area contributed by atoms with Crippen molar-refractivity contribution in [3.8, 4) is 0 Å². The second-order valence-electron chi connectivity index (χ2n) is 15.6. The molecule has 384 valence electrons. The Hall–Kier alpha value is -7.14. The predicted molar refractivity (Wildman–Crippen MR) is 234 cm³/mol. The minimum atomic E-state index is -1.28. The number of aliphatic imine (C=N–C) groups is 2. The molecule has 69 heavy (non-hydrogen) atoms. The van der Waals surface area contributed by atoms with Crippen molar-refractivity contribution in [1.29, 1.82) is 0 Å². The van der Waals surface area contributed by atoms with Crippen molar-refractivity contribution in [1.82, 2.24) is 26.6 Å². The summed E-state index contributed by atoms with van der Waals surface area (Å²) in [4.78, 5) is 107. The van der Waals surface area contributed by atoms with Gasteiger partial charge in [0.2, 0.25) is 35.1 Å². The number of unbranched alkanes of at least 4 members (excludes halogenated alkanes) is 2. The van der Waals surface area contributed by atoms with Crippen molar-refractivity contribution in [2.75, 3.05) is 66.8 Å². The normalized spacial score (nSPS) is 24.5. The molecule has 4 rings (SSSR count). The van der Waals surface area contributed by atoms with Gasteiger partial charge in [-0.1, -0.05) is 0 Å². The number of esters is 2. The summed E-state index contributed by atoms with van der Waals surface area (Å²) in [6.45, 7) is 2.63. The van der Waals surface area contributed by atoms with Gasteiger partial charge < -0.3 is 96.9 Å². The van der Waals surface area contributed by atoms with Gasteiger partial charge in [0.1, 0.15) is 38.6 Å². The third-order valence-electron chi connectivity index (χ3n) is 10.3. The van der Waals surface area contributed by atoms with Crippen molar-refractivity contribution < 1.29 is 85.7 Å². The van der Waals surface area contributed by atoms with Crippen LogP contribution in [-0.2, 0) is 76.1 Å². The van der Waals surface area contributed by atoms with E-state index >= 15 is 0 Å². The number of carbonyl (C=O) groups excluding carboxylic acids is 8. The lowest BCUT2D eigenvalue weighted by Gasteiger charge is -2.40. The first-order valence-electron chi connectivity index (χ1n) is 21.7. The molecule has 0 bridgehead atoms. The van der Waals surface area contributed by atoms with Crippen LogP contribution in [0, 0.1) is 0 Å². The summed E-state index contributed by atoms with van der Waals surface area (Å²) in [6.07, 6.45) is -4.29. The van der Waals surface area contributed by atoms with Crippen molar-refractivity contribution in [2.45, 2.75) is 100 Å². The number of carbonyl (C=O) groups is 8. The molecule has 4 aliphatic heterocycles. The lowest BCUT2D eigenvalue weighted by Crippen LogP contribution is -2.60. The fraction of sp³-hybridized carbons (Fsp3) is 0.650. The standard InChI is InChI=1S/C40H61N11O18/c1-19(52)48-29-21(50-37(41)42)13-23(35(56)60-3)66-33(29)31(25-15-64-39(58)68-25)62-17-27(54)46-11-7-5-9-45-10-6-8-12-47-28(55)18-63-32(26-16-65-40(59)69-26)34-30(49-20(2)53)22(51-38(43)44)14-24(67-34)36(57)61-4/h13-14,21-22,25-26,29-34,45H,5-12,15-18H2,1-4H3,(H,46,54)(H,47,55)(H,48,52)(H,49,53)(H4,41,42,50)(H4,43,44,51)/t21-,22-,25+,26+,29+,30+,31+,32+,33+,34+/m0/s1. The molecule has 2 fully saturated rings. The number of hydrogen-bond donors (Lipinski definition) is 9. The summed E-state index contributed by atoms with van der Waals surface area (Å²) in [6, 6.07) is -4.24. The van der Waals surface area contributed by atoms with Gasteiger partial charge in [-0.2, -0.15) is 0 Å². The van der Waals surface area contributed by atoms with E-state index < -0.39 is 122 Å². The minimum absolute atomic E-state index is 0.289. The zero-order chi connectivity index (χ0) is 50.6. The van der Waals surface area contributed by atoms with Crippen LogP contribution in [0.15, 0.2) is 33.7 Å². The molecule has 0 aromatic rings. The maximum atomic E-state index is 12.9. The summed E-state index contributed by atoms with van der Waals surface area (Å²) in [5, 5.41) is 14.1. The van der Waals surface area contributed by atoms with Crippen LogP contribution in [0.25, 0.3) is 0 Å². The molecule has 4 amide bonds. The highest BCUT2D eigenvalue weighted by molar-refractivity contribution is 5.88. The van der Waals surface area contributed by atoms with Crippen LogP contribution in [0.4, 0.5) is 9.59 Å². The van der Waals surface area contributed by atoms with Crippen molar-refractivity contribution in [2.24, 2.45) is 32.9 Å². The van der Waals surface area contributed by atoms with Gasteiger partial charge in [-0.05, 0) is 50.9 Å². The number of rotatable bonds is 26. The minimum Gasteiger partial charge on any atom is -0.478 e. The summed E-state index contributed by atoms with van der Waals surface area (Å²) in [5.74, 6) is -5.21. The number of amides is 4. The first kappa shape index (κ1) is 54.5.